The summed E-state index contributed by atoms with van der Waals surface area (Å²) < 4.78 is 0. The van der Waals surface area contributed by atoms with Crippen LogP contribution in [0.15, 0.2) is 0 Å². The molecule has 0 aromatic rings. The van der Waals surface area contributed by atoms with Crippen molar-refractivity contribution in [3.05, 3.63) is 6.92 Å². The van der Waals surface area contributed by atoms with E-state index in [4.69, 9.17) is 0 Å². The molecule has 1 heterocycles. The van der Waals surface area contributed by atoms with Crippen LogP contribution in [0.25, 0.3) is 0 Å². The Bertz CT molecular complexity index is 243. The number of nitrogens with zero attached hydrogens (tertiary/aromatic N) is 1. The lowest BCUT2D eigenvalue weighted by Crippen LogP contribution is -2.55. The van der Waals surface area contributed by atoms with Crippen molar-refractivity contribution in [2.45, 2.75) is 64.3 Å². The van der Waals surface area contributed by atoms with Crippen LogP contribution in [0.5, 0.6) is 0 Å². The third kappa shape index (κ3) is 6.53. The molecule has 1 unspecified atom stereocenters. The second-order valence-corrected chi connectivity index (χ2v) is 5.59. The standard InChI is InChI=1S/C16H31N2O/c1-3-5-7-8-10-16(19)15-14-17-11-13-18(15)12-9-6-4-2/h15,17H,1,3-14H2,2H3. The lowest BCUT2D eigenvalue weighted by Gasteiger charge is -2.35. The fraction of sp³-hybridized carbons (Fsp3) is 0.875. The Balaban J connectivity index is 2.31. The highest BCUT2D eigenvalue weighted by Crippen LogP contribution is 2.12. The van der Waals surface area contributed by atoms with Gasteiger partial charge < -0.3 is 5.32 Å². The zero-order valence-electron chi connectivity index (χ0n) is 12.6. The first kappa shape index (κ1) is 16.6. The number of rotatable bonds is 10. The van der Waals surface area contributed by atoms with Gasteiger partial charge in [-0.1, -0.05) is 46.0 Å². The maximum absolute atomic E-state index is 12.3. The molecule has 1 saturated heterocycles. The van der Waals surface area contributed by atoms with E-state index in [-0.39, 0.29) is 6.04 Å². The topological polar surface area (TPSA) is 32.3 Å². The van der Waals surface area contributed by atoms with Crippen molar-refractivity contribution in [3.8, 4) is 0 Å². The molecule has 3 heteroatoms. The van der Waals surface area contributed by atoms with Crippen LogP contribution >= 0.6 is 0 Å². The number of nitrogens with one attached hydrogen (secondary N) is 1. The monoisotopic (exact) mass is 267 g/mol. The van der Waals surface area contributed by atoms with E-state index in [1.54, 1.807) is 0 Å². The molecular formula is C16H31N2O. The smallest absolute Gasteiger partial charge is 0.151 e. The molecule has 1 radical (unpaired) electrons. The number of ketones is 1. The highest BCUT2D eigenvalue weighted by atomic mass is 16.1. The minimum Gasteiger partial charge on any atom is -0.313 e. The van der Waals surface area contributed by atoms with Crippen LogP contribution in [0.3, 0.4) is 0 Å². The number of carbonyl (C=O) groups is 1. The Labute approximate surface area is 119 Å². The maximum atomic E-state index is 12.3. The van der Waals surface area contributed by atoms with Gasteiger partial charge >= 0.3 is 0 Å². The Hall–Kier alpha value is -0.410. The second kappa shape index (κ2) is 10.4. The molecular weight excluding hydrogens is 236 g/mol. The van der Waals surface area contributed by atoms with E-state index < -0.39 is 0 Å². The van der Waals surface area contributed by atoms with Crippen LogP contribution in [-0.4, -0.2) is 42.9 Å². The van der Waals surface area contributed by atoms with Gasteiger partial charge in [0.05, 0.1) is 6.04 Å². The summed E-state index contributed by atoms with van der Waals surface area (Å²) in [6.45, 7) is 10.1. The average Bonchev–Trinajstić information content (AvgIpc) is 2.44. The van der Waals surface area contributed by atoms with Gasteiger partial charge in [0.25, 0.3) is 0 Å². The third-order valence-electron chi connectivity index (χ3n) is 3.95. The highest BCUT2D eigenvalue weighted by Gasteiger charge is 2.27. The molecule has 1 fully saturated rings. The quantitative estimate of drug-likeness (QED) is 0.618. The molecule has 111 valence electrons. The number of hydrogen-bond donors (Lipinski definition) is 1. The van der Waals surface area contributed by atoms with Crippen molar-refractivity contribution < 1.29 is 4.79 Å². The first-order chi connectivity index (χ1) is 9.29. The zero-order chi connectivity index (χ0) is 13.9. The van der Waals surface area contributed by atoms with E-state index >= 15 is 0 Å². The molecule has 0 saturated carbocycles. The summed E-state index contributed by atoms with van der Waals surface area (Å²) in [6, 6.07) is 0.130. The van der Waals surface area contributed by atoms with Gasteiger partial charge in [0, 0.05) is 26.1 Å². The predicted octanol–water partition coefficient (Wildman–Crippen LogP) is 2.80. The van der Waals surface area contributed by atoms with Crippen LogP contribution in [-0.2, 0) is 4.79 Å². The largest absolute Gasteiger partial charge is 0.313 e. The predicted molar refractivity (Wildman–Crippen MR) is 81.2 cm³/mol. The van der Waals surface area contributed by atoms with E-state index in [2.05, 4.69) is 24.1 Å². The molecule has 1 atom stereocenters. The number of unbranched alkanes of at least 4 members (excludes halogenated alkanes) is 5. The van der Waals surface area contributed by atoms with Crippen molar-refractivity contribution in [1.29, 1.82) is 0 Å². The molecule has 1 aliphatic heterocycles. The van der Waals surface area contributed by atoms with Crippen LogP contribution < -0.4 is 5.32 Å². The molecule has 1 aliphatic rings. The van der Waals surface area contributed by atoms with Gasteiger partial charge in [-0.3, -0.25) is 9.69 Å². The first-order valence-corrected chi connectivity index (χ1v) is 8.06. The van der Waals surface area contributed by atoms with E-state index in [9.17, 15) is 4.79 Å². The van der Waals surface area contributed by atoms with Crippen LogP contribution in [0.4, 0.5) is 0 Å². The van der Waals surface area contributed by atoms with E-state index in [0.717, 1.165) is 58.3 Å². The Morgan fingerprint density at radius 2 is 2.11 bits per heavy atom. The Kier molecular flexibility index (Phi) is 9.10. The highest BCUT2D eigenvalue weighted by molar-refractivity contribution is 5.84. The molecule has 19 heavy (non-hydrogen) atoms. The first-order valence-electron chi connectivity index (χ1n) is 8.06. The zero-order valence-corrected chi connectivity index (χ0v) is 12.6. The number of hydrogen-bond acceptors (Lipinski definition) is 3. The molecule has 0 spiro atoms. The van der Waals surface area contributed by atoms with Crippen molar-refractivity contribution in [2.24, 2.45) is 0 Å². The minimum atomic E-state index is 0.130. The molecule has 0 aromatic heterocycles. The SMILES string of the molecule is [CH2]CCCCCC(=O)C1CNCCN1CCCCC. The van der Waals surface area contributed by atoms with Gasteiger partial charge in [-0.05, 0) is 19.4 Å². The lowest BCUT2D eigenvalue weighted by atomic mass is 10.0. The Morgan fingerprint density at radius 3 is 2.84 bits per heavy atom. The van der Waals surface area contributed by atoms with Crippen LogP contribution in [0.1, 0.15) is 58.3 Å². The molecule has 0 aromatic carbocycles. The van der Waals surface area contributed by atoms with E-state index in [0.29, 0.717) is 5.78 Å². The maximum Gasteiger partial charge on any atom is 0.151 e. The molecule has 3 nitrogen and oxygen atoms in total. The van der Waals surface area contributed by atoms with Gasteiger partial charge in [0.2, 0.25) is 0 Å². The van der Waals surface area contributed by atoms with Gasteiger partial charge in [-0.15, -0.1) is 0 Å². The van der Waals surface area contributed by atoms with Crippen molar-refractivity contribution in [1.82, 2.24) is 10.2 Å². The number of piperazine rings is 1. The normalized spacial score (nSPS) is 20.6. The summed E-state index contributed by atoms with van der Waals surface area (Å²) in [5.74, 6) is 0.438. The summed E-state index contributed by atoms with van der Waals surface area (Å²) in [5, 5.41) is 3.37. The molecule has 1 rings (SSSR count). The fourth-order valence-corrected chi connectivity index (χ4v) is 2.72. The molecule has 0 aliphatic carbocycles. The van der Waals surface area contributed by atoms with Crippen LogP contribution in [0.2, 0.25) is 0 Å². The van der Waals surface area contributed by atoms with Crippen molar-refractivity contribution in [3.63, 3.8) is 0 Å². The summed E-state index contributed by atoms with van der Waals surface area (Å²) in [4.78, 5) is 14.7. The van der Waals surface area contributed by atoms with Crippen molar-refractivity contribution >= 4 is 5.78 Å². The number of Topliss-reactive ketones (excluding diaryl/α,β-unsaturated/α-hetero) is 1. The summed E-state index contributed by atoms with van der Waals surface area (Å²) in [7, 11) is 0. The van der Waals surface area contributed by atoms with Crippen LogP contribution in [0, 0.1) is 6.92 Å². The fourth-order valence-electron chi connectivity index (χ4n) is 2.72. The van der Waals surface area contributed by atoms with Gasteiger partial charge in [0.15, 0.2) is 5.78 Å². The summed E-state index contributed by atoms with van der Waals surface area (Å²) in [6.07, 6.45) is 8.81. The number of carbonyl (C=O) groups excluding carboxylic acids is 1. The molecule has 0 bridgehead atoms. The summed E-state index contributed by atoms with van der Waals surface area (Å²) >= 11 is 0. The van der Waals surface area contributed by atoms with Gasteiger partial charge in [-0.25, -0.2) is 0 Å². The van der Waals surface area contributed by atoms with E-state index in [1.165, 1.54) is 19.3 Å². The third-order valence-corrected chi connectivity index (χ3v) is 3.95. The minimum absolute atomic E-state index is 0.130. The summed E-state index contributed by atoms with van der Waals surface area (Å²) in [5.41, 5.74) is 0. The Morgan fingerprint density at radius 1 is 1.26 bits per heavy atom. The average molecular weight is 267 g/mol. The van der Waals surface area contributed by atoms with Gasteiger partial charge in [0.1, 0.15) is 0 Å². The van der Waals surface area contributed by atoms with Gasteiger partial charge in [-0.2, -0.15) is 0 Å². The van der Waals surface area contributed by atoms with Crippen molar-refractivity contribution in [2.75, 3.05) is 26.2 Å². The second-order valence-electron chi connectivity index (χ2n) is 5.59. The molecule has 1 N–H and O–H groups in total. The lowest BCUT2D eigenvalue weighted by molar-refractivity contribution is -0.125. The molecule has 0 amide bonds. The van der Waals surface area contributed by atoms with E-state index in [1.807, 2.05) is 0 Å².